The fourth-order valence-corrected chi connectivity index (χ4v) is 7.90. The number of ether oxygens (including phenoxy) is 1. The first kappa shape index (κ1) is 25.8. The average Bonchev–Trinajstić information content (AvgIpc) is 2.94. The van der Waals surface area contributed by atoms with Crippen molar-refractivity contribution in [2.45, 2.75) is 68.3 Å². The Balaban J connectivity index is 1.39. The fourth-order valence-electron chi connectivity index (χ4n) is 6.19. The van der Waals surface area contributed by atoms with Crippen molar-refractivity contribution in [2.75, 3.05) is 24.5 Å². The van der Waals surface area contributed by atoms with E-state index in [2.05, 4.69) is 35.2 Å². The summed E-state index contributed by atoms with van der Waals surface area (Å²) >= 11 is 0. The van der Waals surface area contributed by atoms with Crippen LogP contribution < -0.4 is 9.04 Å². The largest absolute Gasteiger partial charge is 0.497 e. The second kappa shape index (κ2) is 11.3. The van der Waals surface area contributed by atoms with E-state index in [1.807, 2.05) is 43.3 Å². The number of hydrogen-bond acceptors (Lipinski definition) is 4. The van der Waals surface area contributed by atoms with Gasteiger partial charge in [0, 0.05) is 25.2 Å². The van der Waals surface area contributed by atoms with Gasteiger partial charge in [0.1, 0.15) is 5.75 Å². The lowest BCUT2D eigenvalue weighted by Gasteiger charge is -2.45. The molecule has 1 saturated carbocycles. The van der Waals surface area contributed by atoms with Crippen LogP contribution in [0.5, 0.6) is 5.75 Å². The van der Waals surface area contributed by atoms with Crippen molar-refractivity contribution >= 4 is 15.7 Å². The van der Waals surface area contributed by atoms with Gasteiger partial charge in [-0.15, -0.1) is 0 Å². The zero-order chi connectivity index (χ0) is 25.8. The molecule has 2 fully saturated rings. The van der Waals surface area contributed by atoms with Gasteiger partial charge >= 0.3 is 0 Å². The number of hydrogen-bond donors (Lipinski definition) is 0. The normalized spacial score (nSPS) is 21.5. The van der Waals surface area contributed by atoms with E-state index < -0.39 is 10.0 Å². The molecule has 1 aliphatic heterocycles. The molecule has 0 bridgehead atoms. The van der Waals surface area contributed by atoms with E-state index in [1.54, 1.807) is 23.5 Å². The lowest BCUT2D eigenvalue weighted by atomic mass is 9.78. The molecule has 5 rings (SSSR count). The molecule has 2 atom stereocenters. The van der Waals surface area contributed by atoms with Crippen molar-refractivity contribution < 1.29 is 13.2 Å². The van der Waals surface area contributed by atoms with Gasteiger partial charge in [-0.2, -0.15) is 0 Å². The summed E-state index contributed by atoms with van der Waals surface area (Å²) in [5.41, 5.74) is 3.18. The molecule has 37 heavy (non-hydrogen) atoms. The summed E-state index contributed by atoms with van der Waals surface area (Å²) in [6.07, 6.45) is 6.63. The molecule has 1 saturated heterocycles. The van der Waals surface area contributed by atoms with Crippen LogP contribution >= 0.6 is 0 Å². The Hall–Kier alpha value is -2.83. The third kappa shape index (κ3) is 5.55. The molecule has 0 N–H and O–H groups in total. The molecule has 1 heterocycles. The van der Waals surface area contributed by atoms with Gasteiger partial charge in [0.05, 0.1) is 17.7 Å². The highest BCUT2D eigenvalue weighted by Crippen LogP contribution is 2.39. The first-order valence-electron chi connectivity index (χ1n) is 13.5. The number of methoxy groups -OCH3 is 1. The maximum atomic E-state index is 14.0. The summed E-state index contributed by atoms with van der Waals surface area (Å²) in [4.78, 5) is 2.98. The Morgan fingerprint density at radius 1 is 0.811 bits per heavy atom. The zero-order valence-corrected chi connectivity index (χ0v) is 22.7. The SMILES string of the molecule is COc1ccc(N(C2CCN([C@@H]3CCCC[C@@H]3c3ccccc3)CC2)S(=O)(=O)c2ccc(C)cc2)cc1. The molecule has 2 aliphatic rings. The van der Waals surface area contributed by atoms with E-state index in [0.29, 0.717) is 22.5 Å². The van der Waals surface area contributed by atoms with Gasteiger partial charge in [-0.25, -0.2) is 8.42 Å². The topological polar surface area (TPSA) is 49.9 Å². The highest BCUT2D eigenvalue weighted by Gasteiger charge is 2.38. The van der Waals surface area contributed by atoms with Crippen molar-refractivity contribution in [2.24, 2.45) is 0 Å². The van der Waals surface area contributed by atoms with E-state index in [1.165, 1.54) is 31.2 Å². The highest BCUT2D eigenvalue weighted by atomic mass is 32.2. The summed E-state index contributed by atoms with van der Waals surface area (Å²) in [6.45, 7) is 3.80. The first-order chi connectivity index (χ1) is 18.0. The molecular weight excluding hydrogens is 480 g/mol. The first-order valence-corrected chi connectivity index (χ1v) is 15.0. The van der Waals surface area contributed by atoms with Crippen LogP contribution in [-0.2, 0) is 10.0 Å². The van der Waals surface area contributed by atoms with Gasteiger partial charge < -0.3 is 4.74 Å². The Morgan fingerprint density at radius 3 is 2.11 bits per heavy atom. The number of rotatable bonds is 7. The molecule has 0 amide bonds. The third-order valence-corrected chi connectivity index (χ3v) is 10.1. The minimum atomic E-state index is -3.71. The van der Waals surface area contributed by atoms with Gasteiger partial charge in [-0.1, -0.05) is 60.9 Å². The smallest absolute Gasteiger partial charge is 0.264 e. The van der Waals surface area contributed by atoms with Gasteiger partial charge in [0.15, 0.2) is 0 Å². The fraction of sp³-hybridized carbons (Fsp3) is 0.419. The van der Waals surface area contributed by atoms with Crippen LogP contribution in [0.25, 0.3) is 0 Å². The minimum absolute atomic E-state index is 0.0882. The van der Waals surface area contributed by atoms with Crippen molar-refractivity contribution in [3.05, 3.63) is 90.0 Å². The minimum Gasteiger partial charge on any atom is -0.497 e. The molecule has 0 spiro atoms. The van der Waals surface area contributed by atoms with E-state index in [0.717, 1.165) is 37.2 Å². The Morgan fingerprint density at radius 2 is 1.46 bits per heavy atom. The number of aryl methyl sites for hydroxylation is 1. The molecule has 0 unspecified atom stereocenters. The average molecular weight is 519 g/mol. The van der Waals surface area contributed by atoms with Crippen LogP contribution in [0.15, 0.2) is 83.8 Å². The summed E-state index contributed by atoms with van der Waals surface area (Å²) in [5.74, 6) is 1.27. The van der Waals surface area contributed by atoms with Gasteiger partial charge in [0.2, 0.25) is 0 Å². The number of benzene rings is 3. The predicted molar refractivity (Wildman–Crippen MR) is 150 cm³/mol. The molecule has 6 heteroatoms. The monoisotopic (exact) mass is 518 g/mol. The molecule has 0 aromatic heterocycles. The van der Waals surface area contributed by atoms with E-state index in [9.17, 15) is 8.42 Å². The highest BCUT2D eigenvalue weighted by molar-refractivity contribution is 7.92. The summed E-state index contributed by atoms with van der Waals surface area (Å²) in [6, 6.07) is 26.0. The van der Waals surface area contributed by atoms with Crippen LogP contribution in [-0.4, -0.2) is 45.6 Å². The molecule has 0 radical (unpaired) electrons. The van der Waals surface area contributed by atoms with Crippen molar-refractivity contribution in [3.63, 3.8) is 0 Å². The van der Waals surface area contributed by atoms with Crippen LogP contribution in [0.4, 0.5) is 5.69 Å². The van der Waals surface area contributed by atoms with E-state index in [-0.39, 0.29) is 6.04 Å². The van der Waals surface area contributed by atoms with Gasteiger partial charge in [0.25, 0.3) is 10.0 Å². The summed E-state index contributed by atoms with van der Waals surface area (Å²) in [5, 5.41) is 0. The Kier molecular flexibility index (Phi) is 7.87. The Labute approximate surface area is 222 Å². The molecule has 5 nitrogen and oxygen atoms in total. The lowest BCUT2D eigenvalue weighted by molar-refractivity contribution is 0.107. The van der Waals surface area contributed by atoms with Gasteiger partial charge in [-0.3, -0.25) is 9.21 Å². The summed E-state index contributed by atoms with van der Waals surface area (Å²) in [7, 11) is -2.09. The number of piperidine rings is 1. The zero-order valence-electron chi connectivity index (χ0n) is 21.9. The van der Waals surface area contributed by atoms with Crippen LogP contribution in [0.3, 0.4) is 0 Å². The van der Waals surface area contributed by atoms with Crippen LogP contribution in [0.2, 0.25) is 0 Å². The second-order valence-corrected chi connectivity index (χ2v) is 12.3. The maximum Gasteiger partial charge on any atom is 0.264 e. The molecule has 3 aromatic rings. The standard InChI is InChI=1S/C31H38N2O3S/c1-24-12-18-29(19-13-24)37(34,35)33(26-14-16-28(36-2)17-15-26)27-20-22-32(23-21-27)31-11-7-6-10-30(31)25-8-4-3-5-9-25/h3-5,8-9,12-19,27,30-31H,6-7,10-11,20-23H2,1-2H3/t30-,31-/m1/s1. The molecule has 3 aromatic carbocycles. The van der Waals surface area contributed by atoms with Crippen molar-refractivity contribution in [1.29, 1.82) is 0 Å². The molecule has 1 aliphatic carbocycles. The van der Waals surface area contributed by atoms with E-state index >= 15 is 0 Å². The molecule has 196 valence electrons. The Bertz CT molecular complexity index is 1250. The summed E-state index contributed by atoms with van der Waals surface area (Å²) < 4.78 is 35.0. The lowest BCUT2D eigenvalue weighted by Crippen LogP contribution is -2.51. The van der Waals surface area contributed by atoms with E-state index in [4.69, 9.17) is 4.74 Å². The second-order valence-electron chi connectivity index (χ2n) is 10.4. The van der Waals surface area contributed by atoms with Crippen LogP contribution in [0, 0.1) is 6.92 Å². The number of likely N-dealkylation sites (tertiary alicyclic amines) is 1. The van der Waals surface area contributed by atoms with Crippen molar-refractivity contribution in [1.82, 2.24) is 4.90 Å². The quantitative estimate of drug-likeness (QED) is 0.364. The number of sulfonamides is 1. The predicted octanol–water partition coefficient (Wildman–Crippen LogP) is 6.39. The number of nitrogens with zero attached hydrogens (tertiary/aromatic N) is 2. The third-order valence-electron chi connectivity index (χ3n) is 8.16. The molecular formula is C31H38N2O3S. The maximum absolute atomic E-state index is 14.0. The van der Waals surface area contributed by atoms with Crippen LogP contribution in [0.1, 0.15) is 55.6 Å². The number of anilines is 1. The van der Waals surface area contributed by atoms with Crippen molar-refractivity contribution in [3.8, 4) is 5.75 Å². The van der Waals surface area contributed by atoms with Gasteiger partial charge in [-0.05, 0) is 80.5 Å².